The second-order valence-corrected chi connectivity index (χ2v) is 4.19. The normalized spacial score (nSPS) is 10.7. The summed E-state index contributed by atoms with van der Waals surface area (Å²) in [5, 5.41) is 3.15. The van der Waals surface area contributed by atoms with E-state index in [0.29, 0.717) is 17.7 Å². The van der Waals surface area contributed by atoms with E-state index in [1.54, 1.807) is 12.1 Å². The minimum Gasteiger partial charge on any atom is -0.313 e. The molecule has 2 rings (SSSR count). The zero-order valence-electron chi connectivity index (χ0n) is 10.5. The average molecular weight is 265 g/mol. The van der Waals surface area contributed by atoms with Gasteiger partial charge in [0.25, 0.3) is 0 Å². The zero-order valence-corrected chi connectivity index (χ0v) is 10.5. The number of hydrogen-bond donors (Lipinski definition) is 1. The Hall–Kier alpha value is -1.81. The smallest absolute Gasteiger partial charge is 0.194 e. The standard InChI is InChI=1S/C15H14F3N/c1-2-19-9-10-5-3-4-6-12(10)11-7-13(16)15(18)14(17)8-11/h3-8,19H,2,9H2,1H3. The van der Waals surface area contributed by atoms with E-state index in [4.69, 9.17) is 0 Å². The first-order valence-corrected chi connectivity index (χ1v) is 6.07. The summed E-state index contributed by atoms with van der Waals surface area (Å²) >= 11 is 0. The van der Waals surface area contributed by atoms with Crippen LogP contribution in [0.15, 0.2) is 36.4 Å². The van der Waals surface area contributed by atoms with Gasteiger partial charge in [0.1, 0.15) is 0 Å². The summed E-state index contributed by atoms with van der Waals surface area (Å²) in [5.41, 5.74) is 1.95. The maximum atomic E-state index is 13.3. The molecule has 100 valence electrons. The monoisotopic (exact) mass is 265 g/mol. The van der Waals surface area contributed by atoms with E-state index in [0.717, 1.165) is 24.2 Å². The van der Waals surface area contributed by atoms with Crippen LogP contribution >= 0.6 is 0 Å². The summed E-state index contributed by atoms with van der Waals surface area (Å²) in [7, 11) is 0. The van der Waals surface area contributed by atoms with E-state index >= 15 is 0 Å². The summed E-state index contributed by atoms with van der Waals surface area (Å²) in [6.45, 7) is 3.35. The molecule has 0 aromatic heterocycles. The minimum absolute atomic E-state index is 0.338. The van der Waals surface area contributed by atoms with Crippen molar-refractivity contribution in [2.24, 2.45) is 0 Å². The van der Waals surface area contributed by atoms with Gasteiger partial charge in [-0.3, -0.25) is 0 Å². The van der Waals surface area contributed by atoms with Crippen LogP contribution in [0.3, 0.4) is 0 Å². The van der Waals surface area contributed by atoms with Crippen LogP contribution in [-0.2, 0) is 6.54 Å². The topological polar surface area (TPSA) is 12.0 Å². The summed E-state index contributed by atoms with van der Waals surface area (Å²) in [6.07, 6.45) is 0. The van der Waals surface area contributed by atoms with Crippen molar-refractivity contribution >= 4 is 0 Å². The highest BCUT2D eigenvalue weighted by atomic mass is 19.2. The van der Waals surface area contributed by atoms with E-state index in [1.165, 1.54) is 0 Å². The van der Waals surface area contributed by atoms with Gasteiger partial charge in [-0.2, -0.15) is 0 Å². The van der Waals surface area contributed by atoms with Crippen LogP contribution in [-0.4, -0.2) is 6.54 Å². The van der Waals surface area contributed by atoms with Gasteiger partial charge in [-0.1, -0.05) is 31.2 Å². The Balaban J connectivity index is 2.46. The summed E-state index contributed by atoms with van der Waals surface area (Å²) in [5.74, 6) is -3.78. The quantitative estimate of drug-likeness (QED) is 0.827. The largest absolute Gasteiger partial charge is 0.313 e. The SMILES string of the molecule is CCNCc1ccccc1-c1cc(F)c(F)c(F)c1. The van der Waals surface area contributed by atoms with Gasteiger partial charge in [-0.15, -0.1) is 0 Å². The molecule has 0 spiro atoms. The van der Waals surface area contributed by atoms with Crippen LogP contribution in [0.1, 0.15) is 12.5 Å². The lowest BCUT2D eigenvalue weighted by Crippen LogP contribution is -2.12. The molecule has 0 fully saturated rings. The lowest BCUT2D eigenvalue weighted by molar-refractivity contribution is 0.447. The Morgan fingerprint density at radius 3 is 2.26 bits per heavy atom. The molecular weight excluding hydrogens is 251 g/mol. The molecule has 0 aliphatic heterocycles. The van der Waals surface area contributed by atoms with Crippen LogP contribution in [0, 0.1) is 17.5 Å². The highest BCUT2D eigenvalue weighted by Gasteiger charge is 2.13. The van der Waals surface area contributed by atoms with Crippen molar-refractivity contribution in [1.82, 2.24) is 5.32 Å². The van der Waals surface area contributed by atoms with Crippen molar-refractivity contribution in [1.29, 1.82) is 0 Å². The van der Waals surface area contributed by atoms with Gasteiger partial charge in [-0.25, -0.2) is 13.2 Å². The number of halogens is 3. The van der Waals surface area contributed by atoms with E-state index in [2.05, 4.69) is 5.32 Å². The molecule has 0 atom stereocenters. The molecule has 0 saturated heterocycles. The van der Waals surface area contributed by atoms with Gasteiger partial charge in [0, 0.05) is 6.54 Å². The third-order valence-electron chi connectivity index (χ3n) is 2.88. The highest BCUT2D eigenvalue weighted by Crippen LogP contribution is 2.26. The van der Waals surface area contributed by atoms with Crippen molar-refractivity contribution in [3.05, 3.63) is 59.4 Å². The highest BCUT2D eigenvalue weighted by molar-refractivity contribution is 5.67. The first-order valence-electron chi connectivity index (χ1n) is 6.07. The molecule has 19 heavy (non-hydrogen) atoms. The third-order valence-corrected chi connectivity index (χ3v) is 2.88. The predicted octanol–water partition coefficient (Wildman–Crippen LogP) is 3.88. The van der Waals surface area contributed by atoms with E-state index in [1.807, 2.05) is 19.1 Å². The molecule has 0 saturated carbocycles. The van der Waals surface area contributed by atoms with Gasteiger partial charge in [-0.05, 0) is 35.4 Å². The molecule has 1 N–H and O–H groups in total. The molecular formula is C15H14F3N. The summed E-state index contributed by atoms with van der Waals surface area (Å²) in [6, 6.07) is 9.30. The van der Waals surface area contributed by atoms with E-state index in [-0.39, 0.29) is 0 Å². The van der Waals surface area contributed by atoms with Gasteiger partial charge < -0.3 is 5.32 Å². The average Bonchev–Trinajstić information content (AvgIpc) is 2.42. The van der Waals surface area contributed by atoms with Crippen molar-refractivity contribution < 1.29 is 13.2 Å². The number of nitrogens with one attached hydrogen (secondary N) is 1. The Labute approximate surface area is 110 Å². The van der Waals surface area contributed by atoms with Gasteiger partial charge in [0.15, 0.2) is 17.5 Å². The fourth-order valence-corrected chi connectivity index (χ4v) is 1.93. The van der Waals surface area contributed by atoms with Crippen molar-refractivity contribution in [3.8, 4) is 11.1 Å². The minimum atomic E-state index is -1.44. The molecule has 0 aliphatic carbocycles. The van der Waals surface area contributed by atoms with Crippen LogP contribution in [0.4, 0.5) is 13.2 Å². The Kier molecular flexibility index (Phi) is 4.22. The second kappa shape index (κ2) is 5.89. The second-order valence-electron chi connectivity index (χ2n) is 4.19. The Morgan fingerprint density at radius 1 is 1.00 bits per heavy atom. The number of benzene rings is 2. The van der Waals surface area contributed by atoms with Gasteiger partial charge in [0.05, 0.1) is 0 Å². The summed E-state index contributed by atoms with van der Waals surface area (Å²) in [4.78, 5) is 0. The molecule has 0 aliphatic rings. The molecule has 0 heterocycles. The van der Waals surface area contributed by atoms with Crippen molar-refractivity contribution in [2.45, 2.75) is 13.5 Å². The van der Waals surface area contributed by atoms with E-state index in [9.17, 15) is 13.2 Å². The molecule has 0 bridgehead atoms. The van der Waals surface area contributed by atoms with Crippen LogP contribution < -0.4 is 5.32 Å². The van der Waals surface area contributed by atoms with Crippen LogP contribution in [0.2, 0.25) is 0 Å². The molecule has 4 heteroatoms. The maximum Gasteiger partial charge on any atom is 0.194 e. The maximum absolute atomic E-state index is 13.3. The Morgan fingerprint density at radius 2 is 1.63 bits per heavy atom. The van der Waals surface area contributed by atoms with Crippen LogP contribution in [0.25, 0.3) is 11.1 Å². The molecule has 2 aromatic carbocycles. The molecule has 0 unspecified atom stereocenters. The third kappa shape index (κ3) is 2.96. The van der Waals surface area contributed by atoms with Gasteiger partial charge in [0.2, 0.25) is 0 Å². The van der Waals surface area contributed by atoms with Gasteiger partial charge >= 0.3 is 0 Å². The molecule has 2 aromatic rings. The van der Waals surface area contributed by atoms with Crippen molar-refractivity contribution in [3.63, 3.8) is 0 Å². The van der Waals surface area contributed by atoms with Crippen molar-refractivity contribution in [2.75, 3.05) is 6.54 Å². The molecule has 1 nitrogen and oxygen atoms in total. The van der Waals surface area contributed by atoms with Crippen LogP contribution in [0.5, 0.6) is 0 Å². The fraction of sp³-hybridized carbons (Fsp3) is 0.200. The first-order chi connectivity index (χ1) is 9.13. The molecule has 0 amide bonds. The zero-order chi connectivity index (χ0) is 13.8. The number of hydrogen-bond acceptors (Lipinski definition) is 1. The number of rotatable bonds is 4. The van der Waals surface area contributed by atoms with E-state index < -0.39 is 17.5 Å². The first kappa shape index (κ1) is 13.6. The Bertz CT molecular complexity index is 558. The predicted molar refractivity (Wildman–Crippen MR) is 69.1 cm³/mol. The lowest BCUT2D eigenvalue weighted by Gasteiger charge is -2.10. The summed E-state index contributed by atoms with van der Waals surface area (Å²) < 4.78 is 39.5. The lowest BCUT2D eigenvalue weighted by atomic mass is 9.99. The molecule has 0 radical (unpaired) electrons. The fourth-order valence-electron chi connectivity index (χ4n) is 1.93.